The van der Waals surface area contributed by atoms with Crippen LogP contribution in [0.1, 0.15) is 49.9 Å². The SMILES string of the molecule is Cc1nn(C[C@@H](N)COC(=O)C23CC4CC(CC(C4)C2)C3)c(C)c1[N+](=O)[O-]. The highest BCUT2D eigenvalue weighted by Crippen LogP contribution is 2.60. The molecule has 5 rings (SSSR count). The maximum absolute atomic E-state index is 12.9. The average Bonchev–Trinajstić information content (AvgIpc) is 2.85. The number of nitrogens with two attached hydrogens (primary N) is 1. The number of ether oxygens (including phenoxy) is 1. The summed E-state index contributed by atoms with van der Waals surface area (Å²) < 4.78 is 7.18. The molecule has 8 heteroatoms. The molecule has 8 nitrogen and oxygen atoms in total. The van der Waals surface area contributed by atoms with Crippen LogP contribution in [0.5, 0.6) is 0 Å². The molecule has 4 aliphatic rings. The van der Waals surface area contributed by atoms with Gasteiger partial charge in [-0.2, -0.15) is 5.10 Å². The second kappa shape index (κ2) is 6.58. The van der Waals surface area contributed by atoms with E-state index in [1.807, 2.05) is 0 Å². The second-order valence-corrected chi connectivity index (χ2v) is 9.02. The molecular formula is C19H28N4O4. The Hall–Kier alpha value is -1.96. The smallest absolute Gasteiger partial charge is 0.312 e. The van der Waals surface area contributed by atoms with Gasteiger partial charge in [0.25, 0.3) is 0 Å². The van der Waals surface area contributed by atoms with Crippen LogP contribution < -0.4 is 5.73 Å². The third-order valence-electron chi connectivity index (χ3n) is 6.83. The number of esters is 1. The van der Waals surface area contributed by atoms with Crippen LogP contribution in [0.25, 0.3) is 0 Å². The van der Waals surface area contributed by atoms with E-state index in [9.17, 15) is 14.9 Å². The molecule has 0 aliphatic heterocycles. The van der Waals surface area contributed by atoms with Crippen molar-refractivity contribution in [3.63, 3.8) is 0 Å². The molecule has 1 aromatic rings. The summed E-state index contributed by atoms with van der Waals surface area (Å²) in [5, 5.41) is 15.3. The number of aryl methyl sites for hydroxylation is 1. The van der Waals surface area contributed by atoms with E-state index in [2.05, 4.69) is 5.10 Å². The van der Waals surface area contributed by atoms with Crippen molar-refractivity contribution in [1.29, 1.82) is 0 Å². The second-order valence-electron chi connectivity index (χ2n) is 9.02. The molecule has 0 saturated heterocycles. The highest BCUT2D eigenvalue weighted by atomic mass is 16.6. The van der Waals surface area contributed by atoms with Crippen molar-refractivity contribution < 1.29 is 14.5 Å². The van der Waals surface area contributed by atoms with E-state index >= 15 is 0 Å². The summed E-state index contributed by atoms with van der Waals surface area (Å²) in [4.78, 5) is 23.6. The highest BCUT2D eigenvalue weighted by Gasteiger charge is 2.55. The van der Waals surface area contributed by atoms with Crippen LogP contribution in [-0.2, 0) is 16.1 Å². The van der Waals surface area contributed by atoms with Gasteiger partial charge in [-0.1, -0.05) is 0 Å². The van der Waals surface area contributed by atoms with Crippen LogP contribution in [0, 0.1) is 47.1 Å². The van der Waals surface area contributed by atoms with Gasteiger partial charge in [0.05, 0.1) is 22.9 Å². The van der Waals surface area contributed by atoms with Gasteiger partial charge in [-0.25, -0.2) is 0 Å². The molecule has 0 aromatic carbocycles. The molecule has 27 heavy (non-hydrogen) atoms. The summed E-state index contributed by atoms with van der Waals surface area (Å²) in [5.41, 5.74) is 6.72. The van der Waals surface area contributed by atoms with Crippen molar-refractivity contribution in [2.75, 3.05) is 6.61 Å². The number of aromatic nitrogens is 2. The normalized spacial score (nSPS) is 32.5. The van der Waals surface area contributed by atoms with Crippen molar-refractivity contribution in [2.24, 2.45) is 28.9 Å². The Morgan fingerprint density at radius 2 is 1.85 bits per heavy atom. The monoisotopic (exact) mass is 376 g/mol. The standard InChI is InChI=1S/C19H28N4O4/c1-11-17(23(25)26)12(2)22(21-11)9-16(20)10-27-18(24)19-6-13-3-14(7-19)5-15(4-13)8-19/h13-16H,3-10,20H2,1-2H3/t13?,14?,15?,16-,19?/m1/s1. The number of carbonyl (C=O) groups is 1. The number of nitrogens with zero attached hydrogens (tertiary/aromatic N) is 3. The number of hydrogen-bond acceptors (Lipinski definition) is 6. The van der Waals surface area contributed by atoms with E-state index < -0.39 is 11.0 Å². The Labute approximate surface area is 158 Å². The average molecular weight is 376 g/mol. The zero-order valence-electron chi connectivity index (χ0n) is 16.0. The highest BCUT2D eigenvalue weighted by molar-refractivity contribution is 5.77. The third kappa shape index (κ3) is 3.24. The molecule has 0 unspecified atom stereocenters. The topological polar surface area (TPSA) is 113 Å². The first-order chi connectivity index (χ1) is 12.8. The van der Waals surface area contributed by atoms with Gasteiger partial charge >= 0.3 is 11.7 Å². The lowest BCUT2D eigenvalue weighted by Gasteiger charge is -2.55. The lowest BCUT2D eigenvalue weighted by atomic mass is 9.49. The van der Waals surface area contributed by atoms with Crippen molar-refractivity contribution in [3.8, 4) is 0 Å². The molecule has 2 N–H and O–H groups in total. The zero-order valence-corrected chi connectivity index (χ0v) is 16.0. The Balaban J connectivity index is 1.36. The quantitative estimate of drug-likeness (QED) is 0.463. The third-order valence-corrected chi connectivity index (χ3v) is 6.83. The first kappa shape index (κ1) is 18.4. The number of hydrogen-bond donors (Lipinski definition) is 1. The molecule has 1 heterocycles. The Morgan fingerprint density at radius 1 is 1.30 bits per heavy atom. The summed E-state index contributed by atoms with van der Waals surface area (Å²) in [6.45, 7) is 3.67. The minimum atomic E-state index is -0.444. The van der Waals surface area contributed by atoms with E-state index in [1.54, 1.807) is 13.8 Å². The maximum atomic E-state index is 12.9. The Morgan fingerprint density at radius 3 is 2.33 bits per heavy atom. The largest absolute Gasteiger partial charge is 0.464 e. The maximum Gasteiger partial charge on any atom is 0.312 e. The fourth-order valence-electron chi connectivity index (χ4n) is 6.10. The van der Waals surface area contributed by atoms with Crippen LogP contribution >= 0.6 is 0 Å². The van der Waals surface area contributed by atoms with E-state index in [0.29, 0.717) is 29.1 Å². The molecule has 4 bridgehead atoms. The van der Waals surface area contributed by atoms with Gasteiger partial charge in [0.15, 0.2) is 0 Å². The first-order valence-electron chi connectivity index (χ1n) is 9.88. The Kier molecular flexibility index (Phi) is 4.49. The molecular weight excluding hydrogens is 348 g/mol. The van der Waals surface area contributed by atoms with Gasteiger partial charge in [-0.15, -0.1) is 0 Å². The molecule has 4 aliphatic carbocycles. The summed E-state index contributed by atoms with van der Waals surface area (Å²) in [6.07, 6.45) is 6.75. The van der Waals surface area contributed by atoms with E-state index in [4.69, 9.17) is 10.5 Å². The van der Waals surface area contributed by atoms with Gasteiger partial charge in [0.2, 0.25) is 0 Å². The number of rotatable bonds is 6. The minimum absolute atomic E-state index is 0.0211. The van der Waals surface area contributed by atoms with Gasteiger partial charge in [-0.3, -0.25) is 19.6 Å². The summed E-state index contributed by atoms with van der Waals surface area (Å²) in [5.74, 6) is 1.98. The number of nitro groups is 1. The lowest BCUT2D eigenvalue weighted by Crippen LogP contribution is -2.51. The van der Waals surface area contributed by atoms with Gasteiger partial charge in [0.1, 0.15) is 18.0 Å². The molecule has 1 atom stereocenters. The van der Waals surface area contributed by atoms with Gasteiger partial charge in [-0.05, 0) is 70.1 Å². The van der Waals surface area contributed by atoms with Crippen molar-refractivity contribution >= 4 is 11.7 Å². The summed E-state index contributed by atoms with van der Waals surface area (Å²) >= 11 is 0. The lowest BCUT2D eigenvalue weighted by molar-refractivity contribution is -0.386. The zero-order chi connectivity index (χ0) is 19.3. The van der Waals surface area contributed by atoms with Gasteiger partial charge < -0.3 is 10.5 Å². The van der Waals surface area contributed by atoms with E-state index in [0.717, 1.165) is 19.3 Å². The molecule has 0 radical (unpaired) electrons. The fraction of sp³-hybridized carbons (Fsp3) is 0.789. The molecule has 1 aromatic heterocycles. The molecule has 0 spiro atoms. The Bertz CT molecular complexity index is 737. The number of carbonyl (C=O) groups excluding carboxylic acids is 1. The summed E-state index contributed by atoms with van der Waals surface area (Å²) in [6, 6.07) is -0.444. The summed E-state index contributed by atoms with van der Waals surface area (Å²) in [7, 11) is 0. The predicted molar refractivity (Wildman–Crippen MR) is 97.9 cm³/mol. The van der Waals surface area contributed by atoms with Crippen molar-refractivity contribution in [1.82, 2.24) is 9.78 Å². The molecule has 4 saturated carbocycles. The van der Waals surface area contributed by atoms with E-state index in [1.165, 1.54) is 23.9 Å². The first-order valence-corrected chi connectivity index (χ1v) is 9.88. The molecule has 0 amide bonds. The van der Waals surface area contributed by atoms with Crippen LogP contribution in [0.3, 0.4) is 0 Å². The van der Waals surface area contributed by atoms with Crippen molar-refractivity contribution in [2.45, 2.75) is 65.0 Å². The minimum Gasteiger partial charge on any atom is -0.464 e. The van der Waals surface area contributed by atoms with Crippen LogP contribution in [0.2, 0.25) is 0 Å². The van der Waals surface area contributed by atoms with Crippen LogP contribution in [0.4, 0.5) is 5.69 Å². The molecule has 4 fully saturated rings. The van der Waals surface area contributed by atoms with Crippen LogP contribution in [-0.4, -0.2) is 33.3 Å². The van der Waals surface area contributed by atoms with E-state index in [-0.39, 0.29) is 30.2 Å². The van der Waals surface area contributed by atoms with Gasteiger partial charge in [0, 0.05) is 0 Å². The predicted octanol–water partition coefficient (Wildman–Crippen LogP) is 2.50. The van der Waals surface area contributed by atoms with Crippen LogP contribution in [0.15, 0.2) is 0 Å². The van der Waals surface area contributed by atoms with Crippen molar-refractivity contribution in [3.05, 3.63) is 21.5 Å². The molecule has 148 valence electrons. The fourth-order valence-corrected chi connectivity index (χ4v) is 6.10.